The van der Waals surface area contributed by atoms with Gasteiger partial charge in [-0.2, -0.15) is 0 Å². The number of hydrogen-bond donors (Lipinski definition) is 2. The zero-order valence-electron chi connectivity index (χ0n) is 9.02. The van der Waals surface area contributed by atoms with E-state index in [1.54, 1.807) is 0 Å². The van der Waals surface area contributed by atoms with Crippen molar-refractivity contribution in [3.05, 3.63) is 17.8 Å². The van der Waals surface area contributed by atoms with Gasteiger partial charge in [0.05, 0.1) is 5.69 Å². The Labute approximate surface area is 84.9 Å². The van der Waals surface area contributed by atoms with Crippen LogP contribution in [0.15, 0.2) is 12.3 Å². The second-order valence-electron chi connectivity index (χ2n) is 4.78. The summed E-state index contributed by atoms with van der Waals surface area (Å²) in [5, 5.41) is 6.80. The molecule has 1 aromatic heterocycles. The highest BCUT2D eigenvalue weighted by molar-refractivity contribution is 5.66. The number of anilines is 2. The number of pyridine rings is 1. The number of hydrogen-bond acceptors (Lipinski definition) is 3. The summed E-state index contributed by atoms with van der Waals surface area (Å²) in [5.41, 5.74) is 2.59. The Hall–Kier alpha value is -1.25. The molecule has 1 aromatic rings. The molecule has 0 spiro atoms. The van der Waals surface area contributed by atoms with Crippen molar-refractivity contribution >= 4 is 11.5 Å². The standard InChI is InChI=1S/C11H17N3/c1-8-4-9-10(12-5-8)14-7-11(2,3)6-13-9/h4-5,13H,6-7H2,1-3H3,(H,12,14). The van der Waals surface area contributed by atoms with Gasteiger partial charge in [-0.3, -0.25) is 0 Å². The van der Waals surface area contributed by atoms with E-state index in [0.29, 0.717) is 0 Å². The molecule has 0 saturated carbocycles. The van der Waals surface area contributed by atoms with Crippen LogP contribution in [-0.4, -0.2) is 18.1 Å². The van der Waals surface area contributed by atoms with E-state index in [-0.39, 0.29) is 5.41 Å². The second kappa shape index (κ2) is 3.15. The van der Waals surface area contributed by atoms with E-state index in [1.165, 1.54) is 5.56 Å². The van der Waals surface area contributed by atoms with Crippen molar-refractivity contribution in [3.8, 4) is 0 Å². The first-order valence-corrected chi connectivity index (χ1v) is 5.01. The highest BCUT2D eigenvalue weighted by atomic mass is 15.1. The summed E-state index contributed by atoms with van der Waals surface area (Å²) in [6, 6.07) is 2.14. The number of nitrogens with zero attached hydrogens (tertiary/aromatic N) is 1. The average molecular weight is 191 g/mol. The van der Waals surface area contributed by atoms with E-state index in [4.69, 9.17) is 0 Å². The Balaban J connectivity index is 2.30. The van der Waals surface area contributed by atoms with Gasteiger partial charge in [-0.05, 0) is 24.0 Å². The molecule has 3 heteroatoms. The Kier molecular flexibility index (Phi) is 2.10. The number of aryl methyl sites for hydroxylation is 1. The predicted octanol–water partition coefficient (Wildman–Crippen LogP) is 2.25. The molecule has 3 nitrogen and oxygen atoms in total. The average Bonchev–Trinajstić information content (AvgIpc) is 2.26. The highest BCUT2D eigenvalue weighted by Gasteiger charge is 2.22. The molecule has 2 heterocycles. The van der Waals surface area contributed by atoms with Gasteiger partial charge >= 0.3 is 0 Å². The van der Waals surface area contributed by atoms with Gasteiger partial charge in [-0.15, -0.1) is 0 Å². The fourth-order valence-corrected chi connectivity index (χ4v) is 1.56. The van der Waals surface area contributed by atoms with E-state index in [2.05, 4.69) is 42.5 Å². The van der Waals surface area contributed by atoms with Crippen molar-refractivity contribution in [3.63, 3.8) is 0 Å². The van der Waals surface area contributed by atoms with Gasteiger partial charge < -0.3 is 10.6 Å². The third-order valence-corrected chi connectivity index (χ3v) is 2.52. The number of rotatable bonds is 0. The maximum absolute atomic E-state index is 4.37. The summed E-state index contributed by atoms with van der Waals surface area (Å²) in [7, 11) is 0. The van der Waals surface area contributed by atoms with Crippen molar-refractivity contribution in [2.24, 2.45) is 5.41 Å². The number of fused-ring (bicyclic) bond motifs is 1. The van der Waals surface area contributed by atoms with Crippen molar-refractivity contribution in [2.75, 3.05) is 23.7 Å². The Morgan fingerprint density at radius 1 is 1.29 bits per heavy atom. The van der Waals surface area contributed by atoms with E-state index in [1.807, 2.05) is 6.20 Å². The van der Waals surface area contributed by atoms with Crippen LogP contribution in [0.4, 0.5) is 11.5 Å². The van der Waals surface area contributed by atoms with Crippen LogP contribution in [0.2, 0.25) is 0 Å². The van der Waals surface area contributed by atoms with E-state index in [9.17, 15) is 0 Å². The van der Waals surface area contributed by atoms with Gasteiger partial charge in [0.2, 0.25) is 0 Å². The number of nitrogens with one attached hydrogen (secondary N) is 2. The third-order valence-electron chi connectivity index (χ3n) is 2.52. The molecule has 1 aliphatic rings. The molecule has 0 fully saturated rings. The zero-order chi connectivity index (χ0) is 10.2. The fourth-order valence-electron chi connectivity index (χ4n) is 1.56. The van der Waals surface area contributed by atoms with Gasteiger partial charge in [0, 0.05) is 19.3 Å². The normalized spacial score (nSPS) is 18.8. The molecule has 0 bridgehead atoms. The van der Waals surface area contributed by atoms with Crippen molar-refractivity contribution in [1.82, 2.24) is 4.98 Å². The van der Waals surface area contributed by atoms with Gasteiger partial charge in [0.15, 0.2) is 0 Å². The molecule has 0 aromatic carbocycles. The van der Waals surface area contributed by atoms with Crippen LogP contribution in [-0.2, 0) is 0 Å². The first kappa shape index (κ1) is 9.31. The molecule has 2 rings (SSSR count). The summed E-state index contributed by atoms with van der Waals surface area (Å²) < 4.78 is 0. The van der Waals surface area contributed by atoms with E-state index >= 15 is 0 Å². The minimum Gasteiger partial charge on any atom is -0.381 e. The lowest BCUT2D eigenvalue weighted by Gasteiger charge is -2.21. The number of aromatic nitrogens is 1. The molecule has 76 valence electrons. The van der Waals surface area contributed by atoms with E-state index in [0.717, 1.165) is 24.6 Å². The first-order chi connectivity index (χ1) is 6.57. The molecule has 0 saturated heterocycles. The lowest BCUT2D eigenvalue weighted by molar-refractivity contribution is 0.423. The molecule has 14 heavy (non-hydrogen) atoms. The topological polar surface area (TPSA) is 37.0 Å². The quantitative estimate of drug-likeness (QED) is 0.660. The molecule has 0 radical (unpaired) electrons. The SMILES string of the molecule is Cc1cnc2c(c1)NCC(C)(C)CN2. The fraction of sp³-hybridized carbons (Fsp3) is 0.545. The van der Waals surface area contributed by atoms with Gasteiger partial charge in [-0.25, -0.2) is 4.98 Å². The largest absolute Gasteiger partial charge is 0.381 e. The van der Waals surface area contributed by atoms with Crippen LogP contribution in [0.1, 0.15) is 19.4 Å². The smallest absolute Gasteiger partial charge is 0.149 e. The molecule has 2 N–H and O–H groups in total. The van der Waals surface area contributed by atoms with Crippen molar-refractivity contribution in [2.45, 2.75) is 20.8 Å². The molecule has 0 amide bonds. The summed E-state index contributed by atoms with van der Waals surface area (Å²) in [5.74, 6) is 0.973. The van der Waals surface area contributed by atoms with Crippen LogP contribution in [0.25, 0.3) is 0 Å². The molecule has 1 aliphatic heterocycles. The monoisotopic (exact) mass is 191 g/mol. The van der Waals surface area contributed by atoms with Crippen LogP contribution in [0.5, 0.6) is 0 Å². The van der Waals surface area contributed by atoms with Crippen LogP contribution in [0.3, 0.4) is 0 Å². The Bertz CT molecular complexity index is 344. The summed E-state index contributed by atoms with van der Waals surface area (Å²) >= 11 is 0. The van der Waals surface area contributed by atoms with Gasteiger partial charge in [-0.1, -0.05) is 13.8 Å². The van der Waals surface area contributed by atoms with Crippen LogP contribution >= 0.6 is 0 Å². The second-order valence-corrected chi connectivity index (χ2v) is 4.78. The lowest BCUT2D eigenvalue weighted by atomic mass is 9.94. The highest BCUT2D eigenvalue weighted by Crippen LogP contribution is 2.27. The predicted molar refractivity (Wildman–Crippen MR) is 59.7 cm³/mol. The van der Waals surface area contributed by atoms with Crippen molar-refractivity contribution in [1.29, 1.82) is 0 Å². The maximum atomic E-state index is 4.37. The first-order valence-electron chi connectivity index (χ1n) is 5.01. The Morgan fingerprint density at radius 2 is 2.00 bits per heavy atom. The Morgan fingerprint density at radius 3 is 2.79 bits per heavy atom. The molecular weight excluding hydrogens is 174 g/mol. The van der Waals surface area contributed by atoms with Gasteiger partial charge in [0.1, 0.15) is 5.82 Å². The molecule has 0 unspecified atom stereocenters. The summed E-state index contributed by atoms with van der Waals surface area (Å²) in [6.45, 7) is 8.49. The van der Waals surface area contributed by atoms with E-state index < -0.39 is 0 Å². The van der Waals surface area contributed by atoms with Crippen LogP contribution < -0.4 is 10.6 Å². The summed E-state index contributed by atoms with van der Waals surface area (Å²) in [4.78, 5) is 4.37. The molecule has 0 aliphatic carbocycles. The minimum absolute atomic E-state index is 0.272. The van der Waals surface area contributed by atoms with Crippen LogP contribution in [0, 0.1) is 12.3 Å². The molecule has 0 atom stereocenters. The van der Waals surface area contributed by atoms with Gasteiger partial charge in [0.25, 0.3) is 0 Å². The minimum atomic E-state index is 0.272. The van der Waals surface area contributed by atoms with Crippen molar-refractivity contribution < 1.29 is 0 Å². The third kappa shape index (κ3) is 1.81. The summed E-state index contributed by atoms with van der Waals surface area (Å²) in [6.07, 6.45) is 1.89. The maximum Gasteiger partial charge on any atom is 0.149 e. The lowest BCUT2D eigenvalue weighted by Crippen LogP contribution is -2.27. The zero-order valence-corrected chi connectivity index (χ0v) is 9.02. The molecular formula is C11H17N3.